The van der Waals surface area contributed by atoms with Crippen molar-refractivity contribution in [3.63, 3.8) is 0 Å². The molecule has 0 unspecified atom stereocenters. The predicted octanol–water partition coefficient (Wildman–Crippen LogP) is 3.81. The second-order valence-electron chi connectivity index (χ2n) is 8.89. The smallest absolute Gasteiger partial charge is 0.227 e. The third-order valence-electron chi connectivity index (χ3n) is 5.19. The maximum Gasteiger partial charge on any atom is 0.227 e. The Kier molecular flexibility index (Phi) is 6.17. The van der Waals surface area contributed by atoms with Gasteiger partial charge in [-0.05, 0) is 45.2 Å². The zero-order chi connectivity index (χ0) is 22.1. The number of para-hydroxylation sites is 1. The summed E-state index contributed by atoms with van der Waals surface area (Å²) in [6.07, 6.45) is 1.78. The zero-order valence-electron chi connectivity index (χ0n) is 18.6. The van der Waals surface area contributed by atoms with Gasteiger partial charge < -0.3 is 26.0 Å². The molecule has 162 valence electrons. The number of imidazole rings is 1. The van der Waals surface area contributed by atoms with E-state index < -0.39 is 5.60 Å². The van der Waals surface area contributed by atoms with Crippen molar-refractivity contribution in [1.29, 1.82) is 0 Å². The van der Waals surface area contributed by atoms with Crippen molar-refractivity contribution >= 4 is 28.6 Å². The van der Waals surface area contributed by atoms with Gasteiger partial charge >= 0.3 is 0 Å². The molecule has 3 rings (SSSR count). The van der Waals surface area contributed by atoms with E-state index in [1.165, 1.54) is 0 Å². The predicted molar refractivity (Wildman–Crippen MR) is 122 cm³/mol. The molecule has 8 heteroatoms. The first kappa shape index (κ1) is 21.8. The summed E-state index contributed by atoms with van der Waals surface area (Å²) in [5, 5.41) is 17.3. The molecule has 0 amide bonds. The molecular formula is C22H33N7O. The maximum absolute atomic E-state index is 10.6. The van der Waals surface area contributed by atoms with E-state index in [9.17, 15) is 5.11 Å². The fourth-order valence-electron chi connectivity index (χ4n) is 3.65. The van der Waals surface area contributed by atoms with Gasteiger partial charge in [0.15, 0.2) is 17.0 Å². The van der Waals surface area contributed by atoms with Crippen LogP contribution in [0.25, 0.3) is 11.2 Å². The average Bonchev–Trinajstić information content (AvgIpc) is 3.08. The molecule has 1 aromatic carbocycles. The number of nitrogen functional groups attached to an aromatic ring is 1. The van der Waals surface area contributed by atoms with Crippen molar-refractivity contribution in [3.05, 3.63) is 36.2 Å². The molecule has 0 aliphatic carbocycles. The minimum atomic E-state index is -0.934. The lowest BCUT2D eigenvalue weighted by molar-refractivity contribution is 0.0438. The standard InChI is InChI=1S/C22H33N7O/c1-13(2)18(22(5,6)30)26-21-27-19(24-11-15-9-7-8-10-16(15)23)17-20(28-21)29(12-25-17)14(3)4/h7-10,12-14,18,30H,11,23H2,1-6H3,(H2,24,26,27,28)/t18-/m0/s1. The molecule has 3 aromatic rings. The van der Waals surface area contributed by atoms with Crippen molar-refractivity contribution in [1.82, 2.24) is 19.5 Å². The van der Waals surface area contributed by atoms with E-state index in [4.69, 9.17) is 15.7 Å². The highest BCUT2D eigenvalue weighted by atomic mass is 16.3. The lowest BCUT2D eigenvalue weighted by atomic mass is 9.89. The Hall–Kier alpha value is -2.87. The molecule has 0 aliphatic heterocycles. The number of anilines is 3. The highest BCUT2D eigenvalue weighted by molar-refractivity contribution is 5.84. The Morgan fingerprint density at radius 3 is 2.43 bits per heavy atom. The SMILES string of the molecule is CC(C)[C@H](Nc1nc(NCc2ccccc2N)c2ncn(C(C)C)c2n1)C(C)(C)O. The number of hydrogen-bond donors (Lipinski definition) is 4. The van der Waals surface area contributed by atoms with Gasteiger partial charge in [0.2, 0.25) is 5.95 Å². The summed E-state index contributed by atoms with van der Waals surface area (Å²) in [5.74, 6) is 1.26. The van der Waals surface area contributed by atoms with Crippen LogP contribution in [0.1, 0.15) is 53.1 Å². The van der Waals surface area contributed by atoms with Crippen LogP contribution in [-0.4, -0.2) is 36.3 Å². The molecule has 5 N–H and O–H groups in total. The molecule has 1 atom stereocenters. The molecule has 0 aliphatic rings. The largest absolute Gasteiger partial charge is 0.398 e. The van der Waals surface area contributed by atoms with Crippen molar-refractivity contribution < 1.29 is 5.11 Å². The van der Waals surface area contributed by atoms with Gasteiger partial charge in [0, 0.05) is 18.3 Å². The number of benzene rings is 1. The van der Waals surface area contributed by atoms with Crippen LogP contribution in [-0.2, 0) is 6.54 Å². The van der Waals surface area contributed by atoms with Crippen molar-refractivity contribution in [2.75, 3.05) is 16.4 Å². The number of hydrogen-bond acceptors (Lipinski definition) is 7. The second-order valence-corrected chi connectivity index (χ2v) is 8.89. The zero-order valence-corrected chi connectivity index (χ0v) is 18.6. The van der Waals surface area contributed by atoms with Crippen LogP contribution in [0.4, 0.5) is 17.5 Å². The Morgan fingerprint density at radius 1 is 1.13 bits per heavy atom. The van der Waals surface area contributed by atoms with Gasteiger partial charge in [-0.25, -0.2) is 4.98 Å². The Balaban J connectivity index is 2.01. The van der Waals surface area contributed by atoms with E-state index in [2.05, 4.69) is 43.3 Å². The van der Waals surface area contributed by atoms with Gasteiger partial charge in [0.1, 0.15) is 0 Å². The van der Waals surface area contributed by atoms with Crippen molar-refractivity contribution in [3.8, 4) is 0 Å². The third kappa shape index (κ3) is 4.64. The highest BCUT2D eigenvalue weighted by Gasteiger charge is 2.30. The minimum absolute atomic E-state index is 0.180. The molecule has 30 heavy (non-hydrogen) atoms. The number of aliphatic hydroxyl groups is 1. The molecule has 0 bridgehead atoms. The van der Waals surface area contributed by atoms with E-state index in [0.29, 0.717) is 23.8 Å². The topological polar surface area (TPSA) is 114 Å². The number of rotatable bonds is 8. The Labute approximate surface area is 177 Å². The summed E-state index contributed by atoms with van der Waals surface area (Å²) in [4.78, 5) is 14.0. The quantitative estimate of drug-likeness (QED) is 0.417. The summed E-state index contributed by atoms with van der Waals surface area (Å²) >= 11 is 0. The first-order chi connectivity index (χ1) is 14.1. The van der Waals surface area contributed by atoms with Crippen LogP contribution in [0.15, 0.2) is 30.6 Å². The lowest BCUT2D eigenvalue weighted by Crippen LogP contribution is -2.45. The van der Waals surface area contributed by atoms with Gasteiger partial charge in [0.25, 0.3) is 0 Å². The fourth-order valence-corrected chi connectivity index (χ4v) is 3.65. The van der Waals surface area contributed by atoms with Crippen LogP contribution in [0, 0.1) is 5.92 Å². The van der Waals surface area contributed by atoms with Crippen LogP contribution in [0.3, 0.4) is 0 Å². The van der Waals surface area contributed by atoms with Crippen LogP contribution >= 0.6 is 0 Å². The molecule has 0 radical (unpaired) electrons. The molecular weight excluding hydrogens is 378 g/mol. The monoisotopic (exact) mass is 411 g/mol. The summed E-state index contributed by atoms with van der Waals surface area (Å²) in [7, 11) is 0. The molecule has 0 saturated heterocycles. The van der Waals surface area contributed by atoms with Gasteiger partial charge in [-0.1, -0.05) is 32.0 Å². The first-order valence-electron chi connectivity index (χ1n) is 10.4. The van der Waals surface area contributed by atoms with Crippen LogP contribution in [0.5, 0.6) is 0 Å². The molecule has 0 spiro atoms. The molecule has 0 fully saturated rings. The number of nitrogens with one attached hydrogen (secondary N) is 2. The molecule has 0 saturated carbocycles. The second kappa shape index (κ2) is 8.47. The summed E-state index contributed by atoms with van der Waals surface area (Å²) < 4.78 is 2.01. The fraction of sp³-hybridized carbons (Fsp3) is 0.500. The lowest BCUT2D eigenvalue weighted by Gasteiger charge is -2.33. The van der Waals surface area contributed by atoms with Gasteiger partial charge in [-0.3, -0.25) is 0 Å². The van der Waals surface area contributed by atoms with E-state index in [0.717, 1.165) is 16.9 Å². The maximum atomic E-state index is 10.6. The van der Waals surface area contributed by atoms with Gasteiger partial charge in [-0.2, -0.15) is 9.97 Å². The van der Waals surface area contributed by atoms with E-state index in [1.54, 1.807) is 20.2 Å². The Morgan fingerprint density at radius 2 is 1.83 bits per heavy atom. The molecule has 2 heterocycles. The Bertz CT molecular complexity index is 1000. The van der Waals surface area contributed by atoms with E-state index in [1.807, 2.05) is 28.8 Å². The van der Waals surface area contributed by atoms with Crippen molar-refractivity contribution in [2.45, 2.75) is 65.8 Å². The highest BCUT2D eigenvalue weighted by Crippen LogP contribution is 2.27. The van der Waals surface area contributed by atoms with Gasteiger partial charge in [-0.15, -0.1) is 0 Å². The van der Waals surface area contributed by atoms with Crippen LogP contribution in [0.2, 0.25) is 0 Å². The van der Waals surface area contributed by atoms with E-state index in [-0.39, 0.29) is 18.0 Å². The molecule has 2 aromatic heterocycles. The number of nitrogens with zero attached hydrogens (tertiary/aromatic N) is 4. The number of fused-ring (bicyclic) bond motifs is 1. The normalized spacial score (nSPS) is 13.2. The number of nitrogens with two attached hydrogens (primary N) is 1. The minimum Gasteiger partial charge on any atom is -0.398 e. The molecule has 8 nitrogen and oxygen atoms in total. The van der Waals surface area contributed by atoms with E-state index >= 15 is 0 Å². The third-order valence-corrected chi connectivity index (χ3v) is 5.19. The average molecular weight is 412 g/mol. The summed E-state index contributed by atoms with van der Waals surface area (Å²) in [6.45, 7) is 12.4. The summed E-state index contributed by atoms with van der Waals surface area (Å²) in [6, 6.07) is 7.71. The summed E-state index contributed by atoms with van der Waals surface area (Å²) in [5.41, 5.74) is 8.30. The first-order valence-corrected chi connectivity index (χ1v) is 10.4. The number of aromatic nitrogens is 4. The van der Waals surface area contributed by atoms with Gasteiger partial charge in [0.05, 0.1) is 18.0 Å². The van der Waals surface area contributed by atoms with Crippen LogP contribution < -0.4 is 16.4 Å². The van der Waals surface area contributed by atoms with Crippen molar-refractivity contribution in [2.24, 2.45) is 5.92 Å².